The van der Waals surface area contributed by atoms with Crippen molar-refractivity contribution in [3.05, 3.63) is 29.8 Å². The van der Waals surface area contributed by atoms with Crippen LogP contribution in [-0.4, -0.2) is 26.8 Å². The maximum Gasteiger partial charge on any atom is 0.416 e. The first-order valence-electron chi connectivity index (χ1n) is 6.80. The van der Waals surface area contributed by atoms with Crippen molar-refractivity contribution in [3.63, 3.8) is 0 Å². The summed E-state index contributed by atoms with van der Waals surface area (Å²) in [7, 11) is -3.70. The van der Waals surface area contributed by atoms with Gasteiger partial charge in [0.1, 0.15) is 0 Å². The molecule has 3 nitrogen and oxygen atoms in total. The monoisotopic (exact) mass is 323 g/mol. The summed E-state index contributed by atoms with van der Waals surface area (Å²) in [5.41, 5.74) is -0.944. The van der Waals surface area contributed by atoms with Gasteiger partial charge in [0.05, 0.1) is 16.2 Å². The number of halogens is 3. The van der Waals surface area contributed by atoms with Crippen molar-refractivity contribution < 1.29 is 21.6 Å². The largest absolute Gasteiger partial charge is 0.416 e. The van der Waals surface area contributed by atoms with Crippen LogP contribution in [0.4, 0.5) is 13.2 Å². The molecule has 1 aromatic rings. The summed E-state index contributed by atoms with van der Waals surface area (Å²) in [6, 6.07) is 3.89. The molecule has 0 saturated carbocycles. The van der Waals surface area contributed by atoms with E-state index in [0.717, 1.165) is 25.1 Å². The summed E-state index contributed by atoms with van der Waals surface area (Å²) in [5.74, 6) is -0.174. The zero-order valence-electron chi connectivity index (χ0n) is 12.1. The maximum atomic E-state index is 12.6. The predicted molar refractivity (Wildman–Crippen MR) is 75.9 cm³/mol. The molecular formula is C14H20F3NO2S. The van der Waals surface area contributed by atoms with E-state index >= 15 is 0 Å². The Kier molecular flexibility index (Phi) is 6.22. The third kappa shape index (κ3) is 5.67. The SMILES string of the molecule is CCCNC(C)CCS(=O)(=O)c1cccc(C(F)(F)F)c1. The quantitative estimate of drug-likeness (QED) is 0.838. The van der Waals surface area contributed by atoms with E-state index in [1.54, 1.807) is 0 Å². The second-order valence-corrected chi connectivity index (χ2v) is 7.10. The predicted octanol–water partition coefficient (Wildman–Crippen LogP) is 3.26. The first-order chi connectivity index (χ1) is 9.66. The van der Waals surface area contributed by atoms with Gasteiger partial charge in [-0.2, -0.15) is 13.2 Å². The minimum absolute atomic E-state index is 0.00511. The molecule has 0 saturated heterocycles. The smallest absolute Gasteiger partial charge is 0.314 e. The third-order valence-electron chi connectivity index (χ3n) is 3.08. The van der Waals surface area contributed by atoms with Gasteiger partial charge in [-0.3, -0.25) is 0 Å². The van der Waals surface area contributed by atoms with Gasteiger partial charge in [-0.05, 0) is 44.5 Å². The molecule has 0 heterocycles. The number of benzene rings is 1. The van der Waals surface area contributed by atoms with Crippen LogP contribution in [0, 0.1) is 0 Å². The van der Waals surface area contributed by atoms with E-state index in [-0.39, 0.29) is 16.7 Å². The summed E-state index contributed by atoms with van der Waals surface area (Å²) in [4.78, 5) is -0.278. The highest BCUT2D eigenvalue weighted by molar-refractivity contribution is 7.91. The Balaban J connectivity index is 2.79. The van der Waals surface area contributed by atoms with Gasteiger partial charge in [0.25, 0.3) is 0 Å². The van der Waals surface area contributed by atoms with Gasteiger partial charge < -0.3 is 5.32 Å². The van der Waals surface area contributed by atoms with Gasteiger partial charge in [0, 0.05) is 6.04 Å². The van der Waals surface area contributed by atoms with Crippen molar-refractivity contribution in [2.45, 2.75) is 43.8 Å². The number of nitrogens with one attached hydrogen (secondary N) is 1. The third-order valence-corrected chi connectivity index (χ3v) is 4.83. The van der Waals surface area contributed by atoms with Gasteiger partial charge >= 0.3 is 6.18 Å². The van der Waals surface area contributed by atoms with Crippen LogP contribution < -0.4 is 5.32 Å². The summed E-state index contributed by atoms with van der Waals surface area (Å²) < 4.78 is 62.0. The number of hydrogen-bond acceptors (Lipinski definition) is 3. The molecule has 1 rings (SSSR count). The lowest BCUT2D eigenvalue weighted by molar-refractivity contribution is -0.137. The summed E-state index contributed by atoms with van der Waals surface area (Å²) in [6.45, 7) is 4.64. The molecule has 1 atom stereocenters. The first kappa shape index (κ1) is 18.0. The minimum atomic E-state index is -4.54. The molecule has 0 aromatic heterocycles. The molecule has 0 fully saturated rings. The number of hydrogen-bond donors (Lipinski definition) is 1. The molecule has 0 bridgehead atoms. The molecular weight excluding hydrogens is 303 g/mol. The Labute approximate surface area is 123 Å². The number of sulfone groups is 1. The van der Waals surface area contributed by atoms with Crippen LogP contribution in [0.1, 0.15) is 32.3 Å². The maximum absolute atomic E-state index is 12.6. The fraction of sp³-hybridized carbons (Fsp3) is 0.571. The van der Waals surface area contributed by atoms with Crippen LogP contribution >= 0.6 is 0 Å². The van der Waals surface area contributed by atoms with Crippen molar-refractivity contribution in [1.29, 1.82) is 0 Å². The van der Waals surface area contributed by atoms with Crippen molar-refractivity contribution >= 4 is 9.84 Å². The second kappa shape index (κ2) is 7.26. The van der Waals surface area contributed by atoms with Crippen molar-refractivity contribution in [2.24, 2.45) is 0 Å². The van der Waals surface area contributed by atoms with Crippen LogP contribution in [0.3, 0.4) is 0 Å². The molecule has 0 aliphatic rings. The summed E-state index contributed by atoms with van der Waals surface area (Å²) in [6.07, 6.45) is -3.25. The van der Waals surface area contributed by atoms with E-state index in [1.807, 2.05) is 13.8 Å². The van der Waals surface area contributed by atoms with Crippen molar-refractivity contribution in [2.75, 3.05) is 12.3 Å². The first-order valence-corrected chi connectivity index (χ1v) is 8.45. The van der Waals surface area contributed by atoms with E-state index in [0.29, 0.717) is 12.5 Å². The highest BCUT2D eigenvalue weighted by atomic mass is 32.2. The van der Waals surface area contributed by atoms with E-state index in [2.05, 4.69) is 5.32 Å². The Morgan fingerprint density at radius 2 is 1.95 bits per heavy atom. The highest BCUT2D eigenvalue weighted by Crippen LogP contribution is 2.30. The van der Waals surface area contributed by atoms with Crippen LogP contribution in [0.2, 0.25) is 0 Å². The van der Waals surface area contributed by atoms with E-state index < -0.39 is 21.6 Å². The molecule has 120 valence electrons. The lowest BCUT2D eigenvalue weighted by Gasteiger charge is -2.14. The Bertz CT molecular complexity index is 556. The molecule has 0 amide bonds. The lowest BCUT2D eigenvalue weighted by atomic mass is 10.2. The fourth-order valence-electron chi connectivity index (χ4n) is 1.81. The molecule has 1 aromatic carbocycles. The zero-order chi connectivity index (χ0) is 16.1. The molecule has 1 unspecified atom stereocenters. The van der Waals surface area contributed by atoms with Crippen LogP contribution in [0.25, 0.3) is 0 Å². The topological polar surface area (TPSA) is 46.2 Å². The Morgan fingerprint density at radius 1 is 1.29 bits per heavy atom. The van der Waals surface area contributed by atoms with Crippen molar-refractivity contribution in [3.8, 4) is 0 Å². The van der Waals surface area contributed by atoms with Gasteiger partial charge in [0.2, 0.25) is 0 Å². The molecule has 1 N–H and O–H groups in total. The molecule has 0 radical (unpaired) electrons. The highest BCUT2D eigenvalue weighted by Gasteiger charge is 2.31. The summed E-state index contributed by atoms with van der Waals surface area (Å²) >= 11 is 0. The molecule has 0 aliphatic carbocycles. The van der Waals surface area contributed by atoms with Gasteiger partial charge in [0.15, 0.2) is 9.84 Å². The summed E-state index contributed by atoms with van der Waals surface area (Å²) in [5, 5.41) is 3.15. The van der Waals surface area contributed by atoms with E-state index in [9.17, 15) is 21.6 Å². The van der Waals surface area contributed by atoms with E-state index in [4.69, 9.17) is 0 Å². The normalized spacial score (nSPS) is 14.1. The standard InChI is InChI=1S/C14H20F3NO2S/c1-3-8-18-11(2)7-9-21(19,20)13-6-4-5-12(10-13)14(15,16)17/h4-6,10-11,18H,3,7-9H2,1-2H3. The average Bonchev–Trinajstić information content (AvgIpc) is 2.42. The van der Waals surface area contributed by atoms with Crippen LogP contribution in [-0.2, 0) is 16.0 Å². The number of rotatable bonds is 7. The molecule has 7 heteroatoms. The molecule has 21 heavy (non-hydrogen) atoms. The minimum Gasteiger partial charge on any atom is -0.314 e. The van der Waals surface area contributed by atoms with Gasteiger partial charge in [-0.15, -0.1) is 0 Å². The molecule has 0 aliphatic heterocycles. The second-order valence-electron chi connectivity index (χ2n) is 4.99. The Morgan fingerprint density at radius 3 is 2.52 bits per heavy atom. The lowest BCUT2D eigenvalue weighted by Crippen LogP contribution is -2.28. The van der Waals surface area contributed by atoms with Gasteiger partial charge in [-0.25, -0.2) is 8.42 Å². The zero-order valence-corrected chi connectivity index (χ0v) is 12.9. The van der Waals surface area contributed by atoms with Crippen molar-refractivity contribution in [1.82, 2.24) is 5.32 Å². The van der Waals surface area contributed by atoms with E-state index in [1.165, 1.54) is 6.07 Å². The van der Waals surface area contributed by atoms with Gasteiger partial charge in [-0.1, -0.05) is 13.0 Å². The molecule has 0 spiro atoms. The Hall–Kier alpha value is -1.08. The van der Waals surface area contributed by atoms with Crippen LogP contribution in [0.5, 0.6) is 0 Å². The average molecular weight is 323 g/mol. The number of alkyl halides is 3. The van der Waals surface area contributed by atoms with Crippen LogP contribution in [0.15, 0.2) is 29.2 Å². The fourth-order valence-corrected chi connectivity index (χ4v) is 3.30.